The number of carbonyl (C=O) groups is 3. The summed E-state index contributed by atoms with van der Waals surface area (Å²) in [5.41, 5.74) is 1.18. The minimum absolute atomic E-state index is 0.155. The van der Waals surface area contributed by atoms with Crippen LogP contribution in [0.25, 0.3) is 12.2 Å². The maximum atomic E-state index is 12.0. The van der Waals surface area contributed by atoms with Crippen LogP contribution in [0.1, 0.15) is 31.9 Å². The number of methoxy groups -OCH3 is 2. The topological polar surface area (TPSA) is 124 Å². The molecule has 0 aliphatic carbocycles. The summed E-state index contributed by atoms with van der Waals surface area (Å²) in [5, 5.41) is 7.46. The molecule has 0 atom stereocenters. The van der Waals surface area contributed by atoms with E-state index in [4.69, 9.17) is 18.9 Å². The molecule has 2 aromatic carbocycles. The average Bonchev–Trinajstić information content (AvgIpc) is 2.83. The number of rotatable bonds is 10. The summed E-state index contributed by atoms with van der Waals surface area (Å²) in [4.78, 5) is 35.2. The molecule has 0 aliphatic heterocycles. The Hall–Kier alpha value is -4.21. The Morgan fingerprint density at radius 1 is 0.750 bits per heavy atom. The van der Waals surface area contributed by atoms with Gasteiger partial charge >= 0.3 is 12.2 Å². The zero-order chi connectivity index (χ0) is 26.6. The predicted molar refractivity (Wildman–Crippen MR) is 136 cm³/mol. The lowest BCUT2D eigenvalue weighted by Gasteiger charge is -2.19. The van der Waals surface area contributed by atoms with Crippen molar-refractivity contribution in [1.29, 1.82) is 0 Å². The lowest BCUT2D eigenvalue weighted by molar-refractivity contribution is -0.120. The van der Waals surface area contributed by atoms with Gasteiger partial charge in [0.2, 0.25) is 5.91 Å². The van der Waals surface area contributed by atoms with Crippen molar-refractivity contribution in [2.75, 3.05) is 33.9 Å². The second kappa shape index (κ2) is 13.6. The highest BCUT2D eigenvalue weighted by Crippen LogP contribution is 2.24. The average molecular weight is 500 g/mol. The zero-order valence-corrected chi connectivity index (χ0v) is 21.2. The maximum absolute atomic E-state index is 12.0. The number of benzene rings is 2. The van der Waals surface area contributed by atoms with Crippen LogP contribution in [0, 0.1) is 0 Å². The molecule has 10 nitrogen and oxygen atoms in total. The Labute approximate surface area is 210 Å². The summed E-state index contributed by atoms with van der Waals surface area (Å²) in [6, 6.07) is 12.6. The number of carbonyl (C=O) groups excluding carboxylic acids is 3. The third-order valence-corrected chi connectivity index (χ3v) is 4.44. The molecule has 0 spiro atoms. The van der Waals surface area contributed by atoms with Crippen molar-refractivity contribution in [2.24, 2.45) is 0 Å². The SMILES string of the molecule is COc1cc(C=Cc2ccc(OC(=O)NCCNC(=O)CNC(=O)OC(C)(C)C)cc2)cc(OC)c1. The van der Waals surface area contributed by atoms with E-state index in [1.165, 1.54) is 0 Å². The summed E-state index contributed by atoms with van der Waals surface area (Å²) in [7, 11) is 3.19. The second-order valence-electron chi connectivity index (χ2n) is 8.57. The standard InChI is InChI=1S/C26H33N3O7/c1-26(2,3)36-25(32)29-17-23(30)27-12-13-28-24(31)35-20-10-8-18(9-11-20)6-7-19-14-21(33-4)16-22(15-19)34-5/h6-11,14-16H,12-13,17H2,1-5H3,(H,27,30)(H,28,31)(H,29,32). The number of nitrogens with one attached hydrogen (secondary N) is 3. The number of ether oxygens (including phenoxy) is 4. The summed E-state index contributed by atoms with van der Waals surface area (Å²) < 4.78 is 20.8. The molecule has 3 N–H and O–H groups in total. The minimum Gasteiger partial charge on any atom is -0.497 e. The molecule has 10 heteroatoms. The fraction of sp³-hybridized carbons (Fsp3) is 0.346. The summed E-state index contributed by atoms with van der Waals surface area (Å²) in [5.74, 6) is 1.35. The van der Waals surface area contributed by atoms with E-state index >= 15 is 0 Å². The van der Waals surface area contributed by atoms with Gasteiger partial charge in [0.05, 0.1) is 20.8 Å². The van der Waals surface area contributed by atoms with Gasteiger partial charge in [0.15, 0.2) is 0 Å². The van der Waals surface area contributed by atoms with Crippen molar-refractivity contribution in [3.63, 3.8) is 0 Å². The first-order chi connectivity index (χ1) is 17.1. The number of amides is 3. The highest BCUT2D eigenvalue weighted by Gasteiger charge is 2.16. The molecule has 0 unspecified atom stereocenters. The van der Waals surface area contributed by atoms with E-state index in [0.717, 1.165) is 11.1 Å². The molecule has 0 aliphatic rings. The van der Waals surface area contributed by atoms with E-state index < -0.39 is 23.7 Å². The van der Waals surface area contributed by atoms with E-state index in [9.17, 15) is 14.4 Å². The first-order valence-electron chi connectivity index (χ1n) is 11.3. The quantitative estimate of drug-likeness (QED) is 0.337. The summed E-state index contributed by atoms with van der Waals surface area (Å²) in [6.07, 6.45) is 2.51. The van der Waals surface area contributed by atoms with Gasteiger partial charge in [0.25, 0.3) is 0 Å². The third kappa shape index (κ3) is 10.8. The Kier molecular flexibility index (Phi) is 10.6. The molecule has 0 saturated carbocycles. The van der Waals surface area contributed by atoms with Gasteiger partial charge in [-0.1, -0.05) is 24.3 Å². The van der Waals surface area contributed by atoms with Crippen LogP contribution in [0.4, 0.5) is 9.59 Å². The van der Waals surface area contributed by atoms with E-state index in [1.807, 2.05) is 36.4 Å². The van der Waals surface area contributed by atoms with Crippen LogP contribution in [-0.4, -0.2) is 57.5 Å². The zero-order valence-electron chi connectivity index (χ0n) is 21.2. The minimum atomic E-state index is -0.679. The van der Waals surface area contributed by atoms with E-state index in [-0.39, 0.29) is 19.6 Å². The second-order valence-corrected chi connectivity index (χ2v) is 8.57. The highest BCUT2D eigenvalue weighted by molar-refractivity contribution is 5.82. The summed E-state index contributed by atoms with van der Waals surface area (Å²) in [6.45, 7) is 5.27. The van der Waals surface area contributed by atoms with Crippen LogP contribution in [0.2, 0.25) is 0 Å². The van der Waals surface area contributed by atoms with Gasteiger partial charge in [0.1, 0.15) is 22.8 Å². The van der Waals surface area contributed by atoms with Crippen LogP contribution in [-0.2, 0) is 9.53 Å². The van der Waals surface area contributed by atoms with Gasteiger partial charge in [-0.15, -0.1) is 0 Å². The van der Waals surface area contributed by atoms with Gasteiger partial charge < -0.3 is 34.9 Å². The first-order valence-corrected chi connectivity index (χ1v) is 11.3. The molecule has 0 saturated heterocycles. The monoisotopic (exact) mass is 499 g/mol. The van der Waals surface area contributed by atoms with Gasteiger partial charge in [-0.3, -0.25) is 4.79 Å². The van der Waals surface area contributed by atoms with Gasteiger partial charge in [-0.05, 0) is 56.2 Å². The highest BCUT2D eigenvalue weighted by atomic mass is 16.6. The lowest BCUT2D eigenvalue weighted by atomic mass is 10.1. The van der Waals surface area contributed by atoms with Crippen molar-refractivity contribution in [3.05, 3.63) is 53.6 Å². The predicted octanol–water partition coefficient (Wildman–Crippen LogP) is 3.60. The molecule has 0 aromatic heterocycles. The molecular weight excluding hydrogens is 466 g/mol. The van der Waals surface area contributed by atoms with Crippen molar-refractivity contribution < 1.29 is 33.3 Å². The molecule has 0 heterocycles. The maximum Gasteiger partial charge on any atom is 0.412 e. The molecule has 2 rings (SSSR count). The first kappa shape index (κ1) is 28.0. The van der Waals surface area contributed by atoms with Crippen LogP contribution in [0.5, 0.6) is 17.2 Å². The van der Waals surface area contributed by atoms with E-state index in [1.54, 1.807) is 53.2 Å². The molecule has 36 heavy (non-hydrogen) atoms. The van der Waals surface area contributed by atoms with Crippen LogP contribution in [0.15, 0.2) is 42.5 Å². The van der Waals surface area contributed by atoms with Crippen LogP contribution >= 0.6 is 0 Å². The van der Waals surface area contributed by atoms with Crippen LogP contribution < -0.4 is 30.2 Å². The fourth-order valence-corrected chi connectivity index (χ4v) is 2.80. The molecule has 0 radical (unpaired) electrons. The molecule has 0 bridgehead atoms. The van der Waals surface area contributed by atoms with Crippen molar-refractivity contribution in [2.45, 2.75) is 26.4 Å². The van der Waals surface area contributed by atoms with Gasteiger partial charge in [-0.2, -0.15) is 0 Å². The lowest BCUT2D eigenvalue weighted by Crippen LogP contribution is -2.42. The molecule has 3 amide bonds. The molecular formula is C26H33N3O7. The molecule has 194 valence electrons. The van der Waals surface area contributed by atoms with E-state index in [2.05, 4.69) is 16.0 Å². The summed E-state index contributed by atoms with van der Waals surface area (Å²) >= 11 is 0. The number of hydrogen-bond acceptors (Lipinski definition) is 7. The molecule has 0 fully saturated rings. The van der Waals surface area contributed by atoms with Crippen molar-refractivity contribution in [3.8, 4) is 17.2 Å². The Balaban J connectivity index is 1.71. The Morgan fingerprint density at radius 3 is 1.92 bits per heavy atom. The van der Waals surface area contributed by atoms with Crippen molar-refractivity contribution in [1.82, 2.24) is 16.0 Å². The Morgan fingerprint density at radius 2 is 1.33 bits per heavy atom. The number of hydrogen-bond donors (Lipinski definition) is 3. The Bertz CT molecular complexity index is 1040. The van der Waals surface area contributed by atoms with Gasteiger partial charge in [0, 0.05) is 19.2 Å². The normalized spacial score (nSPS) is 10.9. The smallest absolute Gasteiger partial charge is 0.412 e. The van der Waals surface area contributed by atoms with Crippen molar-refractivity contribution >= 4 is 30.2 Å². The fourth-order valence-electron chi connectivity index (χ4n) is 2.80. The van der Waals surface area contributed by atoms with Crippen LogP contribution in [0.3, 0.4) is 0 Å². The largest absolute Gasteiger partial charge is 0.497 e. The van der Waals surface area contributed by atoms with E-state index in [0.29, 0.717) is 17.2 Å². The third-order valence-electron chi connectivity index (χ3n) is 4.44. The molecule has 2 aromatic rings. The number of alkyl carbamates (subject to hydrolysis) is 1. The van der Waals surface area contributed by atoms with Gasteiger partial charge in [-0.25, -0.2) is 9.59 Å².